The standard InChI is InChI=1S/C10H12ClN3O/c11-7-3-5-13-9(6-7)14-10(15)8-2-1-4-12-8/h3,5-6,8,12H,1-2,4H2,(H,13,14,15). The second kappa shape index (κ2) is 4.59. The first-order valence-corrected chi connectivity index (χ1v) is 5.29. The average molecular weight is 226 g/mol. The number of nitrogens with one attached hydrogen (secondary N) is 2. The molecular formula is C10H12ClN3O. The van der Waals surface area contributed by atoms with Gasteiger partial charge < -0.3 is 10.6 Å². The first-order valence-electron chi connectivity index (χ1n) is 4.91. The molecule has 2 N–H and O–H groups in total. The predicted molar refractivity (Wildman–Crippen MR) is 58.9 cm³/mol. The Morgan fingerprint density at radius 2 is 2.53 bits per heavy atom. The molecule has 1 aromatic heterocycles. The number of hydrogen-bond donors (Lipinski definition) is 2. The number of amides is 1. The third kappa shape index (κ3) is 2.67. The molecule has 0 saturated carbocycles. The highest BCUT2D eigenvalue weighted by atomic mass is 35.5. The lowest BCUT2D eigenvalue weighted by molar-refractivity contribution is -0.117. The maximum atomic E-state index is 11.7. The fourth-order valence-electron chi connectivity index (χ4n) is 1.59. The number of nitrogens with zero attached hydrogens (tertiary/aromatic N) is 1. The smallest absolute Gasteiger partial charge is 0.242 e. The zero-order chi connectivity index (χ0) is 10.7. The zero-order valence-corrected chi connectivity index (χ0v) is 8.92. The summed E-state index contributed by atoms with van der Waals surface area (Å²) in [7, 11) is 0. The molecule has 1 aliphatic heterocycles. The van der Waals surface area contributed by atoms with Crippen LogP contribution in [0, 0.1) is 0 Å². The van der Waals surface area contributed by atoms with Crippen LogP contribution < -0.4 is 10.6 Å². The topological polar surface area (TPSA) is 54.0 Å². The molecule has 2 heterocycles. The monoisotopic (exact) mass is 225 g/mol. The Kier molecular flexibility index (Phi) is 3.18. The third-order valence-electron chi connectivity index (χ3n) is 2.35. The van der Waals surface area contributed by atoms with Gasteiger partial charge in [0.15, 0.2) is 0 Å². The van der Waals surface area contributed by atoms with Gasteiger partial charge in [0.2, 0.25) is 5.91 Å². The number of anilines is 1. The zero-order valence-electron chi connectivity index (χ0n) is 8.16. The van der Waals surface area contributed by atoms with Crippen molar-refractivity contribution in [2.75, 3.05) is 11.9 Å². The molecule has 15 heavy (non-hydrogen) atoms. The van der Waals surface area contributed by atoms with E-state index in [-0.39, 0.29) is 11.9 Å². The normalized spacial score (nSPS) is 20.2. The Balaban J connectivity index is 1.99. The molecule has 4 nitrogen and oxygen atoms in total. The van der Waals surface area contributed by atoms with Gasteiger partial charge in [0.1, 0.15) is 5.82 Å². The highest BCUT2D eigenvalue weighted by Crippen LogP contribution is 2.13. The van der Waals surface area contributed by atoms with Crippen LogP contribution in [-0.4, -0.2) is 23.5 Å². The van der Waals surface area contributed by atoms with Crippen molar-refractivity contribution in [3.05, 3.63) is 23.4 Å². The highest BCUT2D eigenvalue weighted by molar-refractivity contribution is 6.30. The fraction of sp³-hybridized carbons (Fsp3) is 0.400. The van der Waals surface area contributed by atoms with Gasteiger partial charge in [-0.2, -0.15) is 0 Å². The molecule has 1 amide bonds. The summed E-state index contributed by atoms with van der Waals surface area (Å²) in [5.74, 6) is 0.462. The van der Waals surface area contributed by atoms with Gasteiger partial charge in [0.25, 0.3) is 0 Å². The summed E-state index contributed by atoms with van der Waals surface area (Å²) in [5, 5.41) is 6.42. The largest absolute Gasteiger partial charge is 0.309 e. The van der Waals surface area contributed by atoms with E-state index in [0.717, 1.165) is 19.4 Å². The van der Waals surface area contributed by atoms with Crippen LogP contribution >= 0.6 is 11.6 Å². The quantitative estimate of drug-likeness (QED) is 0.801. The Hall–Kier alpha value is -1.13. The molecule has 1 unspecified atom stereocenters. The van der Waals surface area contributed by atoms with Crippen LogP contribution in [-0.2, 0) is 4.79 Å². The molecule has 0 aliphatic carbocycles. The Bertz CT molecular complexity index is 363. The van der Waals surface area contributed by atoms with Gasteiger partial charge in [0.05, 0.1) is 6.04 Å². The van der Waals surface area contributed by atoms with E-state index in [0.29, 0.717) is 10.8 Å². The van der Waals surface area contributed by atoms with E-state index in [4.69, 9.17) is 11.6 Å². The van der Waals surface area contributed by atoms with E-state index in [2.05, 4.69) is 15.6 Å². The third-order valence-corrected chi connectivity index (χ3v) is 2.59. The van der Waals surface area contributed by atoms with E-state index in [1.54, 1.807) is 18.3 Å². The molecular weight excluding hydrogens is 214 g/mol. The number of pyridine rings is 1. The summed E-state index contributed by atoms with van der Waals surface area (Å²) < 4.78 is 0. The van der Waals surface area contributed by atoms with E-state index in [1.807, 2.05) is 0 Å². The van der Waals surface area contributed by atoms with Crippen molar-refractivity contribution in [1.82, 2.24) is 10.3 Å². The van der Waals surface area contributed by atoms with Gasteiger partial charge in [0, 0.05) is 11.2 Å². The second-order valence-corrected chi connectivity index (χ2v) is 3.93. The lowest BCUT2D eigenvalue weighted by Gasteiger charge is -2.10. The van der Waals surface area contributed by atoms with Gasteiger partial charge in [-0.1, -0.05) is 11.6 Å². The minimum atomic E-state index is -0.0919. The van der Waals surface area contributed by atoms with E-state index >= 15 is 0 Å². The first-order chi connectivity index (χ1) is 7.25. The SMILES string of the molecule is O=C(Nc1cc(Cl)ccn1)C1CCCN1. The van der Waals surface area contributed by atoms with Gasteiger partial charge in [-0.3, -0.25) is 4.79 Å². The van der Waals surface area contributed by atoms with Crippen molar-refractivity contribution in [3.8, 4) is 0 Å². The molecule has 0 spiro atoms. The van der Waals surface area contributed by atoms with E-state index in [9.17, 15) is 4.79 Å². The van der Waals surface area contributed by atoms with E-state index in [1.165, 1.54) is 0 Å². The van der Waals surface area contributed by atoms with E-state index < -0.39 is 0 Å². The average Bonchev–Trinajstić information content (AvgIpc) is 2.70. The number of aromatic nitrogens is 1. The molecule has 1 saturated heterocycles. The molecule has 5 heteroatoms. The van der Waals surface area contributed by atoms with Crippen molar-refractivity contribution in [2.45, 2.75) is 18.9 Å². The summed E-state index contributed by atoms with van der Waals surface area (Å²) in [4.78, 5) is 15.7. The van der Waals surface area contributed by atoms with Crippen molar-refractivity contribution >= 4 is 23.3 Å². The van der Waals surface area contributed by atoms with Crippen molar-refractivity contribution < 1.29 is 4.79 Å². The maximum absolute atomic E-state index is 11.7. The number of rotatable bonds is 2. The number of halogens is 1. The summed E-state index contributed by atoms with van der Waals surface area (Å²) in [6.45, 7) is 0.904. The molecule has 0 aromatic carbocycles. The van der Waals surface area contributed by atoms with Crippen LogP contribution in [0.5, 0.6) is 0 Å². The second-order valence-electron chi connectivity index (χ2n) is 3.50. The first kappa shape index (κ1) is 10.4. The number of carbonyl (C=O) groups excluding carboxylic acids is 1. The minimum Gasteiger partial charge on any atom is -0.309 e. The lowest BCUT2D eigenvalue weighted by Crippen LogP contribution is -2.35. The van der Waals surface area contributed by atoms with Gasteiger partial charge in [-0.05, 0) is 31.5 Å². The summed E-state index contributed by atoms with van der Waals surface area (Å²) in [5.41, 5.74) is 0. The fourth-order valence-corrected chi connectivity index (χ4v) is 1.75. The molecule has 1 atom stereocenters. The summed E-state index contributed by atoms with van der Waals surface area (Å²) >= 11 is 5.78. The van der Waals surface area contributed by atoms with Crippen molar-refractivity contribution in [3.63, 3.8) is 0 Å². The Morgan fingerprint density at radius 1 is 1.67 bits per heavy atom. The predicted octanol–water partition coefficient (Wildman–Crippen LogP) is 1.43. The van der Waals surface area contributed by atoms with Crippen molar-refractivity contribution in [2.24, 2.45) is 0 Å². The number of hydrogen-bond acceptors (Lipinski definition) is 3. The van der Waals surface area contributed by atoms with Gasteiger partial charge in [-0.15, -0.1) is 0 Å². The lowest BCUT2D eigenvalue weighted by atomic mass is 10.2. The molecule has 1 aromatic rings. The van der Waals surface area contributed by atoms with Crippen LogP contribution in [0.25, 0.3) is 0 Å². The Morgan fingerprint density at radius 3 is 3.20 bits per heavy atom. The highest BCUT2D eigenvalue weighted by Gasteiger charge is 2.21. The molecule has 80 valence electrons. The van der Waals surface area contributed by atoms with Crippen LogP contribution in [0.15, 0.2) is 18.3 Å². The van der Waals surface area contributed by atoms with Crippen LogP contribution in [0.2, 0.25) is 5.02 Å². The molecule has 0 bridgehead atoms. The molecule has 1 fully saturated rings. The Labute approximate surface area is 93.0 Å². The summed E-state index contributed by atoms with van der Waals surface area (Å²) in [6.07, 6.45) is 3.49. The van der Waals surface area contributed by atoms with Crippen molar-refractivity contribution in [1.29, 1.82) is 0 Å². The summed E-state index contributed by atoms with van der Waals surface area (Å²) in [6, 6.07) is 3.21. The molecule has 0 radical (unpaired) electrons. The number of carbonyl (C=O) groups is 1. The van der Waals surface area contributed by atoms with Crippen LogP contribution in [0.4, 0.5) is 5.82 Å². The minimum absolute atomic E-state index is 0.0396. The molecule has 2 rings (SSSR count). The van der Waals surface area contributed by atoms with Crippen LogP contribution in [0.1, 0.15) is 12.8 Å². The van der Waals surface area contributed by atoms with Gasteiger partial charge in [-0.25, -0.2) is 4.98 Å². The maximum Gasteiger partial charge on any atom is 0.242 e. The van der Waals surface area contributed by atoms with Gasteiger partial charge >= 0.3 is 0 Å². The van der Waals surface area contributed by atoms with Crippen LogP contribution in [0.3, 0.4) is 0 Å². The molecule has 1 aliphatic rings.